The summed E-state index contributed by atoms with van der Waals surface area (Å²) in [6.07, 6.45) is 1.46. The first-order valence-corrected chi connectivity index (χ1v) is 8.93. The highest BCUT2D eigenvalue weighted by Crippen LogP contribution is 2.36. The van der Waals surface area contributed by atoms with E-state index in [1.807, 2.05) is 48.5 Å². The monoisotopic (exact) mass is 383 g/mol. The van der Waals surface area contributed by atoms with Crippen LogP contribution in [0.3, 0.4) is 0 Å². The molecule has 0 bridgehead atoms. The van der Waals surface area contributed by atoms with Crippen molar-refractivity contribution in [3.8, 4) is 28.7 Å². The molecule has 0 N–H and O–H groups in total. The highest BCUT2D eigenvalue weighted by Gasteiger charge is 2.24. The van der Waals surface area contributed by atoms with Gasteiger partial charge in [0.15, 0.2) is 0 Å². The largest absolute Gasteiger partial charge is 0.497 e. The Bertz CT molecular complexity index is 1250. The quantitative estimate of drug-likeness (QED) is 0.442. The number of nitriles is 1. The van der Waals surface area contributed by atoms with E-state index in [2.05, 4.69) is 6.07 Å². The van der Waals surface area contributed by atoms with Crippen molar-refractivity contribution in [1.82, 2.24) is 0 Å². The minimum Gasteiger partial charge on any atom is -0.497 e. The van der Waals surface area contributed by atoms with E-state index in [-0.39, 0.29) is 5.78 Å². The van der Waals surface area contributed by atoms with Crippen molar-refractivity contribution < 1.29 is 18.7 Å². The Kier molecular flexibility index (Phi) is 4.76. The first-order chi connectivity index (χ1) is 14.2. The molecule has 5 nitrogen and oxygen atoms in total. The second-order valence-corrected chi connectivity index (χ2v) is 6.42. The Morgan fingerprint density at radius 2 is 1.76 bits per heavy atom. The van der Waals surface area contributed by atoms with Crippen molar-refractivity contribution in [2.75, 3.05) is 14.2 Å². The average molecular weight is 383 g/mol. The van der Waals surface area contributed by atoms with Gasteiger partial charge in [0.25, 0.3) is 0 Å². The first-order valence-electron chi connectivity index (χ1n) is 8.93. The summed E-state index contributed by atoms with van der Waals surface area (Å²) >= 11 is 0. The van der Waals surface area contributed by atoms with E-state index in [0.29, 0.717) is 39.3 Å². The Morgan fingerprint density at radius 1 is 1.00 bits per heavy atom. The molecule has 0 atom stereocenters. The number of rotatable bonds is 5. The van der Waals surface area contributed by atoms with E-state index in [1.165, 1.54) is 13.4 Å². The van der Waals surface area contributed by atoms with Crippen LogP contribution in [-0.4, -0.2) is 20.0 Å². The number of benzene rings is 3. The van der Waals surface area contributed by atoms with Crippen LogP contribution in [0.15, 0.2) is 71.3 Å². The van der Waals surface area contributed by atoms with Gasteiger partial charge in [-0.3, -0.25) is 4.79 Å². The minimum absolute atomic E-state index is 0.234. The maximum atomic E-state index is 13.6. The van der Waals surface area contributed by atoms with Crippen molar-refractivity contribution in [3.63, 3.8) is 0 Å². The molecule has 5 heteroatoms. The molecule has 0 aliphatic heterocycles. The summed E-state index contributed by atoms with van der Waals surface area (Å²) in [6.45, 7) is 0. The molecule has 0 aliphatic carbocycles. The molecule has 3 aromatic carbocycles. The summed E-state index contributed by atoms with van der Waals surface area (Å²) in [5.41, 5.74) is 3.24. The van der Waals surface area contributed by atoms with Crippen LogP contribution in [0.4, 0.5) is 0 Å². The zero-order valence-electron chi connectivity index (χ0n) is 15.9. The summed E-state index contributed by atoms with van der Waals surface area (Å²) < 4.78 is 16.3. The molecular weight excluding hydrogens is 366 g/mol. The standard InChI is InChI=1S/C24H17NO4/c1-27-17-9-7-16(8-10-17)19-11-15(13-25)12-22(28-2)23(19)24(26)20-14-29-21-6-4-3-5-18(20)21/h3-12,14H,1-2H3. The van der Waals surface area contributed by atoms with Gasteiger partial charge in [-0.2, -0.15) is 5.26 Å². The van der Waals surface area contributed by atoms with Crippen molar-refractivity contribution in [3.05, 3.63) is 83.6 Å². The van der Waals surface area contributed by atoms with Crippen LogP contribution in [-0.2, 0) is 0 Å². The molecule has 0 aliphatic rings. The number of hydrogen-bond donors (Lipinski definition) is 0. The zero-order valence-corrected chi connectivity index (χ0v) is 15.9. The average Bonchev–Trinajstić information content (AvgIpc) is 3.22. The zero-order chi connectivity index (χ0) is 20.4. The smallest absolute Gasteiger partial charge is 0.201 e. The molecule has 142 valence electrons. The minimum atomic E-state index is -0.234. The fourth-order valence-electron chi connectivity index (χ4n) is 3.36. The van der Waals surface area contributed by atoms with Crippen molar-refractivity contribution in [2.45, 2.75) is 0 Å². The number of carbonyl (C=O) groups is 1. The number of furan rings is 1. The fourth-order valence-corrected chi connectivity index (χ4v) is 3.36. The lowest BCUT2D eigenvalue weighted by Gasteiger charge is -2.14. The molecule has 0 unspecified atom stereocenters. The molecular formula is C24H17NO4. The summed E-state index contributed by atoms with van der Waals surface area (Å²) in [4.78, 5) is 13.6. The third-order valence-corrected chi connectivity index (χ3v) is 4.80. The molecule has 0 saturated carbocycles. The van der Waals surface area contributed by atoms with Gasteiger partial charge in [-0.25, -0.2) is 0 Å². The van der Waals surface area contributed by atoms with Gasteiger partial charge in [0.05, 0.1) is 37.0 Å². The van der Waals surface area contributed by atoms with Gasteiger partial charge in [-0.15, -0.1) is 0 Å². The number of para-hydroxylation sites is 1. The molecule has 0 radical (unpaired) electrons. The second kappa shape index (κ2) is 7.53. The number of carbonyl (C=O) groups excluding carboxylic acids is 1. The van der Waals surface area contributed by atoms with Gasteiger partial charge in [0.2, 0.25) is 5.78 Å². The van der Waals surface area contributed by atoms with Crippen molar-refractivity contribution in [1.29, 1.82) is 5.26 Å². The molecule has 1 heterocycles. The number of hydrogen-bond acceptors (Lipinski definition) is 5. The number of ketones is 1. The highest BCUT2D eigenvalue weighted by molar-refractivity contribution is 6.20. The second-order valence-electron chi connectivity index (χ2n) is 6.42. The van der Waals surface area contributed by atoms with Crippen LogP contribution in [0.5, 0.6) is 11.5 Å². The maximum absolute atomic E-state index is 13.6. The van der Waals surface area contributed by atoms with E-state index >= 15 is 0 Å². The Hall–Kier alpha value is -4.04. The van der Waals surface area contributed by atoms with E-state index in [4.69, 9.17) is 13.9 Å². The van der Waals surface area contributed by atoms with Crippen LogP contribution >= 0.6 is 0 Å². The molecule has 4 rings (SSSR count). The van der Waals surface area contributed by atoms with Gasteiger partial charge >= 0.3 is 0 Å². The van der Waals surface area contributed by atoms with Crippen LogP contribution < -0.4 is 9.47 Å². The molecule has 0 amide bonds. The lowest BCUT2D eigenvalue weighted by atomic mass is 9.91. The molecule has 29 heavy (non-hydrogen) atoms. The van der Waals surface area contributed by atoms with Crippen LogP contribution in [0.2, 0.25) is 0 Å². The SMILES string of the molecule is COc1ccc(-c2cc(C#N)cc(OC)c2C(=O)c2coc3ccccc23)cc1. The predicted molar refractivity (Wildman–Crippen MR) is 109 cm³/mol. The molecule has 0 fully saturated rings. The number of ether oxygens (including phenoxy) is 2. The first kappa shape index (κ1) is 18.3. The molecule has 4 aromatic rings. The third-order valence-electron chi connectivity index (χ3n) is 4.80. The van der Waals surface area contributed by atoms with Gasteiger partial charge in [0, 0.05) is 5.39 Å². The lowest BCUT2D eigenvalue weighted by molar-refractivity contribution is 0.103. The Morgan fingerprint density at radius 3 is 2.45 bits per heavy atom. The molecule has 0 saturated heterocycles. The lowest BCUT2D eigenvalue weighted by Crippen LogP contribution is -2.06. The fraction of sp³-hybridized carbons (Fsp3) is 0.0833. The highest BCUT2D eigenvalue weighted by atomic mass is 16.5. The van der Waals surface area contributed by atoms with Crippen LogP contribution in [0.25, 0.3) is 22.1 Å². The summed E-state index contributed by atoms with van der Waals surface area (Å²) in [7, 11) is 3.08. The van der Waals surface area contributed by atoms with Gasteiger partial charge < -0.3 is 13.9 Å². The normalized spacial score (nSPS) is 10.5. The Balaban J connectivity index is 1.95. The van der Waals surface area contributed by atoms with E-state index in [1.54, 1.807) is 19.2 Å². The summed E-state index contributed by atoms with van der Waals surface area (Å²) in [6, 6.07) is 20.1. The van der Waals surface area contributed by atoms with E-state index in [0.717, 1.165) is 10.9 Å². The van der Waals surface area contributed by atoms with Gasteiger partial charge in [-0.05, 0) is 41.5 Å². The third kappa shape index (κ3) is 3.21. The van der Waals surface area contributed by atoms with E-state index < -0.39 is 0 Å². The summed E-state index contributed by atoms with van der Waals surface area (Å²) in [5, 5.41) is 10.2. The topological polar surface area (TPSA) is 72.5 Å². The maximum Gasteiger partial charge on any atom is 0.201 e. The summed E-state index contributed by atoms with van der Waals surface area (Å²) in [5.74, 6) is 0.804. The van der Waals surface area contributed by atoms with E-state index in [9.17, 15) is 10.1 Å². The van der Waals surface area contributed by atoms with Crippen LogP contribution in [0, 0.1) is 11.3 Å². The molecule has 1 aromatic heterocycles. The van der Waals surface area contributed by atoms with Gasteiger partial charge in [-0.1, -0.05) is 30.3 Å². The number of fused-ring (bicyclic) bond motifs is 1. The van der Waals surface area contributed by atoms with Crippen molar-refractivity contribution in [2.24, 2.45) is 0 Å². The van der Waals surface area contributed by atoms with Crippen LogP contribution in [0.1, 0.15) is 21.5 Å². The Labute approximate surface area is 167 Å². The predicted octanol–water partition coefficient (Wildman–Crippen LogP) is 5.22. The van der Waals surface area contributed by atoms with Gasteiger partial charge in [0.1, 0.15) is 23.3 Å². The van der Waals surface area contributed by atoms with Crippen molar-refractivity contribution >= 4 is 16.8 Å². The number of methoxy groups -OCH3 is 2. The number of nitrogens with zero attached hydrogens (tertiary/aromatic N) is 1. The molecule has 0 spiro atoms.